The van der Waals surface area contributed by atoms with Gasteiger partial charge in [0, 0.05) is 12.6 Å². The monoisotopic (exact) mass is 283 g/mol. The first-order chi connectivity index (χ1) is 9.83. The summed E-state index contributed by atoms with van der Waals surface area (Å²) in [6.07, 6.45) is 0. The number of rotatable bonds is 4. The fraction of sp³-hybridized carbons (Fsp3) is 0.125. The van der Waals surface area contributed by atoms with Gasteiger partial charge in [-0.15, -0.1) is 0 Å². The minimum Gasteiger partial charge on any atom is -0.347 e. The van der Waals surface area contributed by atoms with Gasteiger partial charge in [0.1, 0.15) is 4.70 Å². The van der Waals surface area contributed by atoms with Crippen molar-refractivity contribution in [3.05, 3.63) is 65.7 Å². The van der Waals surface area contributed by atoms with Crippen molar-refractivity contribution in [3.63, 3.8) is 0 Å². The number of aromatic nitrogens is 1. The van der Waals surface area contributed by atoms with E-state index in [2.05, 4.69) is 11.4 Å². The van der Waals surface area contributed by atoms with Gasteiger partial charge >= 0.3 is 0 Å². The number of fused-ring (bicyclic) bond motifs is 1. The van der Waals surface area contributed by atoms with Gasteiger partial charge in [0.25, 0.3) is 5.91 Å². The van der Waals surface area contributed by atoms with Crippen molar-refractivity contribution in [2.24, 2.45) is 0 Å². The van der Waals surface area contributed by atoms with Crippen molar-refractivity contribution in [2.45, 2.75) is 13.1 Å². The molecule has 100 valence electrons. The lowest BCUT2D eigenvalue weighted by Crippen LogP contribution is -2.41. The number of carbonyl (C=O) groups is 1. The number of para-hydroxylation sites is 1. The van der Waals surface area contributed by atoms with Crippen LogP contribution in [0, 0.1) is 0 Å². The highest BCUT2D eigenvalue weighted by molar-refractivity contribution is 7.16. The Bertz CT molecular complexity index is 721. The van der Waals surface area contributed by atoms with Gasteiger partial charge < -0.3 is 5.32 Å². The second-order valence-corrected chi connectivity index (χ2v) is 5.47. The Hall–Kier alpha value is -2.20. The normalized spacial score (nSPS) is 10.6. The summed E-state index contributed by atoms with van der Waals surface area (Å²) < 4.78 is 3.18. The number of nitrogens with one attached hydrogen (secondary N) is 1. The van der Waals surface area contributed by atoms with Gasteiger partial charge in [-0.2, -0.15) is 4.57 Å². The molecule has 0 fully saturated rings. The molecule has 1 N–H and O–H groups in total. The lowest BCUT2D eigenvalue weighted by atomic mass is 10.2. The number of hydrogen-bond acceptors (Lipinski definition) is 2. The lowest BCUT2D eigenvalue weighted by molar-refractivity contribution is -0.654. The van der Waals surface area contributed by atoms with Gasteiger partial charge in [-0.1, -0.05) is 53.8 Å². The molecule has 0 atom stereocenters. The number of benzene rings is 2. The van der Waals surface area contributed by atoms with Gasteiger partial charge in [-0.3, -0.25) is 4.79 Å². The van der Waals surface area contributed by atoms with E-state index in [1.54, 1.807) is 11.3 Å². The largest absolute Gasteiger partial charge is 0.347 e. The van der Waals surface area contributed by atoms with Crippen LogP contribution in [0.5, 0.6) is 0 Å². The number of thiazole rings is 1. The van der Waals surface area contributed by atoms with Gasteiger partial charge in [0.15, 0.2) is 0 Å². The van der Waals surface area contributed by atoms with Crippen LogP contribution in [-0.2, 0) is 17.9 Å². The van der Waals surface area contributed by atoms with Gasteiger partial charge in [0.05, 0.1) is 0 Å². The molecule has 3 rings (SSSR count). The maximum absolute atomic E-state index is 12.0. The summed E-state index contributed by atoms with van der Waals surface area (Å²) in [7, 11) is 0. The minimum absolute atomic E-state index is 0.0300. The van der Waals surface area contributed by atoms with E-state index < -0.39 is 0 Å². The second kappa shape index (κ2) is 5.84. The maximum Gasteiger partial charge on any atom is 0.286 e. The van der Waals surface area contributed by atoms with E-state index in [4.69, 9.17) is 0 Å². The van der Waals surface area contributed by atoms with E-state index in [-0.39, 0.29) is 5.91 Å². The Morgan fingerprint density at radius 1 is 1.05 bits per heavy atom. The Morgan fingerprint density at radius 3 is 2.65 bits per heavy atom. The molecule has 0 radical (unpaired) electrons. The Morgan fingerprint density at radius 2 is 1.80 bits per heavy atom. The average Bonchev–Trinajstić information content (AvgIpc) is 2.90. The van der Waals surface area contributed by atoms with Crippen molar-refractivity contribution in [1.29, 1.82) is 0 Å². The van der Waals surface area contributed by atoms with E-state index in [1.165, 1.54) is 4.70 Å². The Labute approximate surface area is 121 Å². The molecular formula is C16H15N2OS+. The smallest absolute Gasteiger partial charge is 0.286 e. The molecule has 20 heavy (non-hydrogen) atoms. The van der Waals surface area contributed by atoms with Gasteiger partial charge in [0.2, 0.25) is 17.6 Å². The molecule has 0 aliphatic heterocycles. The number of nitrogens with zero attached hydrogens (tertiary/aromatic N) is 1. The van der Waals surface area contributed by atoms with Crippen LogP contribution in [-0.4, -0.2) is 5.91 Å². The highest BCUT2D eigenvalue weighted by Crippen LogP contribution is 2.14. The number of hydrogen-bond donors (Lipinski definition) is 1. The molecule has 0 saturated carbocycles. The quantitative estimate of drug-likeness (QED) is 0.733. The van der Waals surface area contributed by atoms with E-state index in [9.17, 15) is 4.79 Å². The predicted molar refractivity (Wildman–Crippen MR) is 80.3 cm³/mol. The average molecular weight is 283 g/mol. The topological polar surface area (TPSA) is 33.0 Å². The third kappa shape index (κ3) is 2.86. The SMILES string of the molecule is O=C(C[n+]1csc2ccccc21)NCc1ccccc1. The summed E-state index contributed by atoms with van der Waals surface area (Å²) in [5, 5.41) is 2.95. The Kier molecular flexibility index (Phi) is 3.74. The summed E-state index contributed by atoms with van der Waals surface area (Å²) in [5.41, 5.74) is 4.21. The highest BCUT2D eigenvalue weighted by Gasteiger charge is 2.14. The van der Waals surface area contributed by atoms with Crippen molar-refractivity contribution < 1.29 is 9.36 Å². The van der Waals surface area contributed by atoms with Crippen molar-refractivity contribution in [2.75, 3.05) is 0 Å². The second-order valence-electron chi connectivity index (χ2n) is 4.58. The molecule has 1 amide bonds. The standard InChI is InChI=1S/C16H14N2OS/c19-16(17-10-13-6-2-1-3-7-13)11-18-12-20-15-9-5-4-8-14(15)18/h1-9,12H,10-11H2/p+1. The van der Waals surface area contributed by atoms with Crippen molar-refractivity contribution in [3.8, 4) is 0 Å². The van der Waals surface area contributed by atoms with Crippen LogP contribution >= 0.6 is 11.3 Å². The zero-order valence-electron chi connectivity index (χ0n) is 11.0. The molecule has 0 spiro atoms. The molecule has 4 heteroatoms. The van der Waals surface area contributed by atoms with E-state index in [0.29, 0.717) is 13.1 Å². The summed E-state index contributed by atoms with van der Waals surface area (Å²) >= 11 is 1.65. The maximum atomic E-state index is 12.0. The molecule has 1 heterocycles. The van der Waals surface area contributed by atoms with Crippen LogP contribution in [0.2, 0.25) is 0 Å². The third-order valence-electron chi connectivity index (χ3n) is 3.13. The van der Waals surface area contributed by atoms with Gasteiger partial charge in [-0.25, -0.2) is 0 Å². The van der Waals surface area contributed by atoms with Crippen LogP contribution in [0.1, 0.15) is 5.56 Å². The number of amides is 1. The van der Waals surface area contributed by atoms with Gasteiger partial charge in [-0.05, 0) is 11.6 Å². The molecule has 0 aliphatic rings. The van der Waals surface area contributed by atoms with Crippen LogP contribution < -0.4 is 9.88 Å². The summed E-state index contributed by atoms with van der Waals surface area (Å²) in [5.74, 6) is 0.0300. The molecule has 3 nitrogen and oxygen atoms in total. The van der Waals surface area contributed by atoms with Crippen LogP contribution in [0.15, 0.2) is 60.1 Å². The molecule has 1 aromatic heterocycles. The molecule has 3 aromatic rings. The van der Waals surface area contributed by atoms with E-state index >= 15 is 0 Å². The fourth-order valence-corrected chi connectivity index (χ4v) is 2.99. The zero-order valence-corrected chi connectivity index (χ0v) is 11.8. The first-order valence-corrected chi connectivity index (χ1v) is 7.37. The summed E-state index contributed by atoms with van der Waals surface area (Å²) in [6.45, 7) is 0.930. The van der Waals surface area contributed by atoms with Crippen LogP contribution in [0.4, 0.5) is 0 Å². The third-order valence-corrected chi connectivity index (χ3v) is 4.09. The number of carbonyl (C=O) groups excluding carboxylic acids is 1. The molecule has 0 bridgehead atoms. The zero-order chi connectivity index (χ0) is 13.8. The van der Waals surface area contributed by atoms with E-state index in [1.807, 2.05) is 58.6 Å². The highest BCUT2D eigenvalue weighted by atomic mass is 32.1. The predicted octanol–water partition coefficient (Wildman–Crippen LogP) is 2.51. The van der Waals surface area contributed by atoms with Crippen LogP contribution in [0.3, 0.4) is 0 Å². The van der Waals surface area contributed by atoms with Crippen molar-refractivity contribution in [1.82, 2.24) is 5.32 Å². The lowest BCUT2D eigenvalue weighted by Gasteiger charge is -2.02. The fourth-order valence-electron chi connectivity index (χ4n) is 2.10. The molecular weight excluding hydrogens is 268 g/mol. The first-order valence-electron chi connectivity index (χ1n) is 6.49. The van der Waals surface area contributed by atoms with Crippen LogP contribution in [0.25, 0.3) is 10.2 Å². The Balaban J connectivity index is 1.64. The summed E-state index contributed by atoms with van der Waals surface area (Å²) in [4.78, 5) is 12.0. The summed E-state index contributed by atoms with van der Waals surface area (Å²) in [6, 6.07) is 18.0. The molecule has 2 aromatic carbocycles. The minimum atomic E-state index is 0.0300. The molecule has 0 unspecified atom stereocenters. The molecule has 0 aliphatic carbocycles. The first kappa shape index (κ1) is 12.8. The van der Waals surface area contributed by atoms with E-state index in [0.717, 1.165) is 11.1 Å². The van der Waals surface area contributed by atoms with Crippen molar-refractivity contribution >= 4 is 27.5 Å². The molecule has 0 saturated heterocycles.